The predicted octanol–water partition coefficient (Wildman–Crippen LogP) is 12.1. The number of carboxylic acid groups (broad SMARTS) is 1. The van der Waals surface area contributed by atoms with Gasteiger partial charge < -0.3 is 92.8 Å². The number of nitrogens with two attached hydrogens (primary N) is 3. The van der Waals surface area contributed by atoms with Crippen molar-refractivity contribution in [2.24, 2.45) is 0 Å². The van der Waals surface area contributed by atoms with Crippen LogP contribution in [0.2, 0.25) is 30.1 Å². The second-order valence-electron chi connectivity index (χ2n) is 28.7. The number of aromatic nitrogens is 6. The lowest BCUT2D eigenvalue weighted by molar-refractivity contribution is 0.0647. The van der Waals surface area contributed by atoms with Crippen LogP contribution in [-0.2, 0) is 9.31 Å². The smallest absolute Gasteiger partial charge is 0.392 e. The maximum atomic E-state index is 14.2. The van der Waals surface area contributed by atoms with Gasteiger partial charge in [0.25, 0.3) is 29.5 Å². The summed E-state index contributed by atoms with van der Waals surface area (Å²) in [6, 6.07) is 29.4. The maximum Gasteiger partial charge on any atom is 0.392 e. The molecule has 6 heterocycles. The third kappa shape index (κ3) is 25.7. The maximum absolute atomic E-state index is 14.2. The highest BCUT2D eigenvalue weighted by atomic mass is 35.5. The molecule has 5 amide bonds. The number of aromatic carboxylic acids is 1. The summed E-state index contributed by atoms with van der Waals surface area (Å²) in [7, 11) is 9.95. The van der Waals surface area contributed by atoms with Gasteiger partial charge in [-0.15, -0.1) is 30.6 Å². The molecule has 6 aromatic carbocycles. The molecular weight excluding hydrogens is 1700 g/mol. The van der Waals surface area contributed by atoms with Crippen molar-refractivity contribution in [2.75, 3.05) is 92.1 Å². The Kier molecular flexibility index (Phi) is 32.4. The number of nitrogens with one attached hydrogen (secondary N) is 7. The zero-order valence-corrected chi connectivity index (χ0v) is 70.1. The van der Waals surface area contributed by atoms with E-state index in [9.17, 15) is 41.9 Å². The number of benzene rings is 6. The molecule has 3 aliphatic heterocycles. The Morgan fingerprint density at radius 3 is 1.12 bits per heavy atom. The Labute approximate surface area is 725 Å². The molecule has 3 fully saturated rings. The van der Waals surface area contributed by atoms with Crippen LogP contribution in [0.4, 0.5) is 47.7 Å². The molecule has 0 unspecified atom stereocenters. The zero-order chi connectivity index (χ0) is 88.2. The summed E-state index contributed by atoms with van der Waals surface area (Å²) in [4.78, 5) is 78.8. The van der Waals surface area contributed by atoms with E-state index in [0.717, 1.165) is 44.4 Å². The number of nitrogen functional groups attached to an aromatic ring is 3. The fourth-order valence-electron chi connectivity index (χ4n) is 11.9. The van der Waals surface area contributed by atoms with Gasteiger partial charge in [-0.25, -0.2) is 18.0 Å². The quantitative estimate of drug-likeness (QED) is 0.0216. The van der Waals surface area contributed by atoms with Crippen LogP contribution in [0.3, 0.4) is 0 Å². The summed E-state index contributed by atoms with van der Waals surface area (Å²) in [6.45, 7) is 21.3. The Balaban J connectivity index is 0.000000197. The average molecular weight is 1770 g/mol. The van der Waals surface area contributed by atoms with Gasteiger partial charge in [0.2, 0.25) is 0 Å². The molecule has 0 bridgehead atoms. The lowest BCUT2D eigenvalue weighted by atomic mass is 10.0. The first kappa shape index (κ1) is 93.3. The first-order chi connectivity index (χ1) is 57.3. The summed E-state index contributed by atoms with van der Waals surface area (Å²) in [5.41, 5.74) is 19.6. The molecule has 4 radical (unpaired) electrons. The largest absolute Gasteiger partial charge is 0.527 e. The van der Waals surface area contributed by atoms with Gasteiger partial charge in [-0.05, 0) is 170 Å². The third-order valence-corrected chi connectivity index (χ3v) is 20.0. The average Bonchev–Trinajstić information content (AvgIpc) is 0.789. The SMILES string of the molecule is CC1(C)CNCCN1.C[C@@H](Oc1cc(C(=O)Nc2ccc(C(=O)N3CCNC(C)(C)C3)cc2)nnc1N)c1c(Cl)ccc(F)c1Cl.[B]OC#C[C@@H](Oc1cc(C(=O)Nc2ccc(C(=O)N3CCNC(C)(C)C3)cc2)nnc1N)c1c(Cl)ccc(F)c1Cl.[B]OC#C[C@@H](Oc1cc(C(=O)Nc2ccc(C(=O)O)cc2)nnc1N)c1c(Cl)ccc(F)c1Cl. The van der Waals surface area contributed by atoms with Crippen LogP contribution in [-0.4, -0.2) is 173 Å². The molecule has 14 N–H and O–H groups in total. The molecular formula is C80H77B2Cl6F3N18O12. The zero-order valence-electron chi connectivity index (χ0n) is 65.5. The van der Waals surface area contributed by atoms with Crippen LogP contribution in [0.25, 0.3) is 0 Å². The first-order valence-electron chi connectivity index (χ1n) is 36.4. The van der Waals surface area contributed by atoms with Crippen LogP contribution < -0.4 is 68.6 Å². The van der Waals surface area contributed by atoms with E-state index >= 15 is 0 Å². The highest BCUT2D eigenvalue weighted by Gasteiger charge is 2.33. The minimum absolute atomic E-state index is 0.0147. The number of carbonyl (C=O) groups is 6. The van der Waals surface area contributed by atoms with Crippen molar-refractivity contribution in [3.8, 4) is 41.3 Å². The van der Waals surface area contributed by atoms with Gasteiger partial charge in [0, 0.05) is 144 Å². The van der Waals surface area contributed by atoms with Crippen molar-refractivity contribution < 1.29 is 70.6 Å². The summed E-state index contributed by atoms with van der Waals surface area (Å²) in [5, 5.41) is 52.4. The molecule has 628 valence electrons. The Morgan fingerprint density at radius 2 is 0.802 bits per heavy atom. The Morgan fingerprint density at radius 1 is 0.471 bits per heavy atom. The van der Waals surface area contributed by atoms with Crippen molar-refractivity contribution in [2.45, 2.75) is 83.4 Å². The fraction of sp³-hybridized carbons (Fsp3) is 0.275. The minimum Gasteiger partial charge on any atom is -0.527 e. The normalized spacial score (nSPS) is 14.8. The molecule has 41 heteroatoms. The van der Waals surface area contributed by atoms with Crippen molar-refractivity contribution in [1.82, 2.24) is 61.7 Å². The van der Waals surface area contributed by atoms with E-state index in [1.807, 2.05) is 27.7 Å². The summed E-state index contributed by atoms with van der Waals surface area (Å²) < 4.78 is 68.0. The van der Waals surface area contributed by atoms with Gasteiger partial charge >= 0.3 is 22.1 Å². The van der Waals surface area contributed by atoms with Crippen molar-refractivity contribution in [3.05, 3.63) is 225 Å². The standard InChI is InChI=1S/C27H24BCl2FN6O4.C26H27Cl2FN6O3.C21H12BCl2FN4O5.C6H14N2/c1-27(2)14-37(11-10-33-27)26(39)15-3-5-16(6-4-15)34-25(38)19-13-21(24(32)36-35-19)41-20(9-12-40-28)22-17(29)7-8-18(31)23(22)30;1-14(21-17(27)8-9-18(29)22(21)28)38-20-12-19(33-34-23(20)30)24(36)32-16-6-4-15(5-7-16)25(37)35-11-10-31-26(2,3)13-35;22-33-8-7-15(17-12(23)5-6-13(25)18(17)24)34-16-9-14(28-29-19(16)26)20(30)27-11-3-1-10(2-4-11)21(31)32;1-6(2)5-7-3-4-8-6/h3-8,13,20,33H,10-11,14H2,1-2H3,(H2,32,36)(H,34,38);4-9,12,14,31H,10-11,13H2,1-3H3,(H2,30,34)(H,32,36);1-6,9,15H,(H2,26,29)(H,27,30)(H,31,32);7-8H,3-5H2,1-2H3/t20-;14-;15-;/m111./s1. The molecule has 12 rings (SSSR count). The molecule has 0 spiro atoms. The Bertz CT molecular complexity index is 5440. The monoisotopic (exact) mass is 1770 g/mol. The number of rotatable bonds is 18. The number of carboxylic acids is 1. The molecule has 3 aromatic heterocycles. The lowest BCUT2D eigenvalue weighted by Crippen LogP contribution is -2.58. The van der Waals surface area contributed by atoms with E-state index < -0.39 is 59.5 Å². The fourth-order valence-corrected chi connectivity index (χ4v) is 13.7. The molecule has 9 aromatic rings. The van der Waals surface area contributed by atoms with Crippen molar-refractivity contribution in [3.63, 3.8) is 0 Å². The Hall–Kier alpha value is -11.6. The van der Waals surface area contributed by atoms with Gasteiger partial charge in [-0.3, -0.25) is 24.0 Å². The highest BCUT2D eigenvalue weighted by Crippen LogP contribution is 2.40. The van der Waals surface area contributed by atoms with Crippen molar-refractivity contribution in [1.29, 1.82) is 0 Å². The number of halogens is 9. The number of piperazine rings is 3. The van der Waals surface area contributed by atoms with Crippen molar-refractivity contribution >= 4 is 156 Å². The van der Waals surface area contributed by atoms with Gasteiger partial charge in [-0.1, -0.05) is 69.6 Å². The highest BCUT2D eigenvalue weighted by molar-refractivity contribution is 6.37. The summed E-state index contributed by atoms with van der Waals surface area (Å²) in [5.74, 6) is -1.09. The molecule has 30 nitrogen and oxygen atoms in total. The number of hydrogen-bond donors (Lipinski definition) is 11. The predicted molar refractivity (Wildman–Crippen MR) is 455 cm³/mol. The van der Waals surface area contributed by atoms with E-state index in [1.54, 1.807) is 65.3 Å². The molecule has 3 atom stereocenters. The second-order valence-corrected chi connectivity index (χ2v) is 31.0. The van der Waals surface area contributed by atoms with Gasteiger partial charge in [0.15, 0.2) is 64.0 Å². The van der Waals surface area contributed by atoms with E-state index in [-0.39, 0.29) is 127 Å². The van der Waals surface area contributed by atoms with E-state index in [1.165, 1.54) is 60.7 Å². The van der Waals surface area contributed by atoms with E-state index in [2.05, 4.69) is 115 Å². The molecule has 3 saturated heterocycles. The summed E-state index contributed by atoms with van der Waals surface area (Å²) in [6.07, 6.45) is 0.829. The first-order valence-corrected chi connectivity index (χ1v) is 38.7. The number of hydrogen-bond acceptors (Lipinski definition) is 24. The van der Waals surface area contributed by atoms with Gasteiger partial charge in [-0.2, -0.15) is 0 Å². The number of ether oxygens (including phenoxy) is 3. The molecule has 0 saturated carbocycles. The van der Waals surface area contributed by atoms with Crippen LogP contribution in [0, 0.1) is 41.5 Å². The van der Waals surface area contributed by atoms with Gasteiger partial charge in [0.05, 0.1) is 42.9 Å². The summed E-state index contributed by atoms with van der Waals surface area (Å²) >= 11 is 36.8. The number of amides is 5. The minimum atomic E-state index is -1.31. The number of carbonyl (C=O) groups excluding carboxylic acids is 5. The van der Waals surface area contributed by atoms with Crippen LogP contribution in [0.1, 0.15) is 146 Å². The third-order valence-electron chi connectivity index (χ3n) is 17.9. The molecule has 0 aliphatic carbocycles. The van der Waals surface area contributed by atoms with Gasteiger partial charge in [0.1, 0.15) is 23.6 Å². The van der Waals surface area contributed by atoms with Crippen LogP contribution in [0.15, 0.2) is 127 Å². The van der Waals surface area contributed by atoms with Crippen LogP contribution in [0.5, 0.6) is 17.2 Å². The number of anilines is 6. The molecule has 121 heavy (non-hydrogen) atoms. The topological polar surface area (TPSA) is 415 Å². The van der Waals surface area contributed by atoms with E-state index in [0.29, 0.717) is 66.5 Å². The number of nitrogens with zero attached hydrogens (tertiary/aromatic N) is 8. The molecule has 3 aliphatic rings. The van der Waals surface area contributed by atoms with E-state index in [4.69, 9.17) is 122 Å². The van der Waals surface area contributed by atoms with Crippen LogP contribution >= 0.6 is 69.6 Å². The lowest BCUT2D eigenvalue weighted by Gasteiger charge is -2.39. The second kappa shape index (κ2) is 42.1.